The summed E-state index contributed by atoms with van der Waals surface area (Å²) in [4.78, 5) is 20.3. The number of aromatic amines is 1. The van der Waals surface area contributed by atoms with E-state index in [9.17, 15) is 9.18 Å². The number of fused-ring (bicyclic) bond motifs is 1. The highest BCUT2D eigenvalue weighted by molar-refractivity contribution is 5.62. The fraction of sp³-hybridized carbons (Fsp3) is 0.214. The van der Waals surface area contributed by atoms with Crippen LogP contribution in [0.15, 0.2) is 35.5 Å². The number of aromatic nitrogens is 4. The fourth-order valence-electron chi connectivity index (χ4n) is 2.12. The predicted molar refractivity (Wildman–Crippen MR) is 73.1 cm³/mol. The molecule has 0 saturated carbocycles. The second-order valence-corrected chi connectivity index (χ2v) is 4.91. The summed E-state index contributed by atoms with van der Waals surface area (Å²) in [6.45, 7) is 4.04. The van der Waals surface area contributed by atoms with Crippen molar-refractivity contribution in [1.29, 1.82) is 0 Å². The van der Waals surface area contributed by atoms with Gasteiger partial charge in [-0.3, -0.25) is 14.9 Å². The normalized spacial score (nSPS) is 11.4. The van der Waals surface area contributed by atoms with E-state index in [2.05, 4.69) is 15.1 Å². The molecular weight excluding hydrogens is 259 g/mol. The lowest BCUT2D eigenvalue weighted by atomic mass is 10.1. The molecule has 0 amide bonds. The second kappa shape index (κ2) is 4.56. The molecular formula is C14H13FN4O. The van der Waals surface area contributed by atoms with Crippen molar-refractivity contribution in [2.24, 2.45) is 0 Å². The summed E-state index contributed by atoms with van der Waals surface area (Å²) in [5, 5.41) is 2.88. The molecule has 6 heteroatoms. The minimum atomic E-state index is -0.456. The second-order valence-electron chi connectivity index (χ2n) is 4.91. The number of rotatable bonds is 2. The van der Waals surface area contributed by atoms with Gasteiger partial charge in [0.1, 0.15) is 5.82 Å². The predicted octanol–water partition coefficient (Wildman–Crippen LogP) is 2.35. The molecule has 0 fully saturated rings. The molecule has 0 bridgehead atoms. The van der Waals surface area contributed by atoms with E-state index >= 15 is 0 Å². The Morgan fingerprint density at radius 1 is 1.30 bits per heavy atom. The highest BCUT2D eigenvalue weighted by atomic mass is 19.1. The standard InChI is InChI=1S/C14H13FN4O/c1-8(2)11-7-17-19-13(20)4-12(18-14(11)19)9-3-10(15)6-16-5-9/h3-8,17H,1-2H3. The molecule has 3 aromatic heterocycles. The van der Waals surface area contributed by atoms with Gasteiger partial charge in [0.25, 0.3) is 5.56 Å². The smallest absolute Gasteiger partial charge is 0.273 e. The van der Waals surface area contributed by atoms with Crippen molar-refractivity contribution in [3.8, 4) is 11.3 Å². The van der Waals surface area contributed by atoms with Gasteiger partial charge < -0.3 is 0 Å². The largest absolute Gasteiger partial charge is 0.297 e. The maximum atomic E-state index is 13.2. The van der Waals surface area contributed by atoms with Crippen LogP contribution in [0.3, 0.4) is 0 Å². The summed E-state index contributed by atoms with van der Waals surface area (Å²) in [5.41, 5.74) is 2.17. The summed E-state index contributed by atoms with van der Waals surface area (Å²) in [7, 11) is 0. The molecule has 0 aliphatic carbocycles. The summed E-state index contributed by atoms with van der Waals surface area (Å²) in [6, 6.07) is 2.68. The Morgan fingerprint density at radius 2 is 2.10 bits per heavy atom. The molecule has 0 atom stereocenters. The van der Waals surface area contributed by atoms with E-state index in [1.54, 1.807) is 6.20 Å². The summed E-state index contributed by atoms with van der Waals surface area (Å²) >= 11 is 0. The molecule has 3 rings (SSSR count). The number of nitrogens with one attached hydrogen (secondary N) is 1. The van der Waals surface area contributed by atoms with Gasteiger partial charge in [-0.25, -0.2) is 13.9 Å². The van der Waals surface area contributed by atoms with E-state index in [0.29, 0.717) is 16.9 Å². The Balaban J connectivity index is 2.28. The van der Waals surface area contributed by atoms with Gasteiger partial charge in [-0.1, -0.05) is 13.8 Å². The molecule has 1 N–H and O–H groups in total. The third-order valence-corrected chi connectivity index (χ3v) is 3.15. The van der Waals surface area contributed by atoms with Crippen LogP contribution in [0.1, 0.15) is 25.3 Å². The summed E-state index contributed by atoms with van der Waals surface area (Å²) in [5.74, 6) is -0.230. The van der Waals surface area contributed by atoms with Gasteiger partial charge in [0.2, 0.25) is 0 Å². The molecule has 0 aliphatic heterocycles. The van der Waals surface area contributed by atoms with Crippen LogP contribution in [-0.4, -0.2) is 19.6 Å². The highest BCUT2D eigenvalue weighted by Crippen LogP contribution is 2.21. The molecule has 0 unspecified atom stereocenters. The minimum absolute atomic E-state index is 0.226. The average molecular weight is 272 g/mol. The van der Waals surface area contributed by atoms with Gasteiger partial charge in [-0.15, -0.1) is 0 Å². The number of H-pyrrole nitrogens is 1. The van der Waals surface area contributed by atoms with E-state index in [4.69, 9.17) is 0 Å². The van der Waals surface area contributed by atoms with Crippen LogP contribution in [0.5, 0.6) is 0 Å². The van der Waals surface area contributed by atoms with Gasteiger partial charge in [0.15, 0.2) is 5.65 Å². The van der Waals surface area contributed by atoms with Crippen LogP contribution in [0.2, 0.25) is 0 Å². The Morgan fingerprint density at radius 3 is 2.80 bits per heavy atom. The molecule has 0 radical (unpaired) electrons. The van der Waals surface area contributed by atoms with Gasteiger partial charge in [0.05, 0.1) is 11.9 Å². The highest BCUT2D eigenvalue weighted by Gasteiger charge is 2.12. The van der Waals surface area contributed by atoms with Crippen LogP contribution in [0, 0.1) is 5.82 Å². The van der Waals surface area contributed by atoms with Gasteiger partial charge in [0, 0.05) is 29.6 Å². The zero-order valence-corrected chi connectivity index (χ0v) is 11.1. The quantitative estimate of drug-likeness (QED) is 0.778. The Hall–Kier alpha value is -2.50. The van der Waals surface area contributed by atoms with Crippen molar-refractivity contribution >= 4 is 5.65 Å². The monoisotopic (exact) mass is 272 g/mol. The maximum absolute atomic E-state index is 13.2. The summed E-state index contributed by atoms with van der Waals surface area (Å²) < 4.78 is 14.6. The zero-order valence-electron chi connectivity index (χ0n) is 11.1. The molecule has 20 heavy (non-hydrogen) atoms. The van der Waals surface area contributed by atoms with E-state index in [0.717, 1.165) is 11.8 Å². The van der Waals surface area contributed by atoms with Crippen molar-refractivity contribution in [2.75, 3.05) is 0 Å². The van der Waals surface area contributed by atoms with E-state index in [1.165, 1.54) is 22.8 Å². The molecule has 3 aromatic rings. The van der Waals surface area contributed by atoms with E-state index < -0.39 is 5.82 Å². The van der Waals surface area contributed by atoms with Crippen molar-refractivity contribution < 1.29 is 4.39 Å². The third-order valence-electron chi connectivity index (χ3n) is 3.15. The lowest BCUT2D eigenvalue weighted by molar-refractivity contribution is 0.622. The van der Waals surface area contributed by atoms with Gasteiger partial charge in [-0.05, 0) is 12.0 Å². The number of pyridine rings is 1. The summed E-state index contributed by atoms with van der Waals surface area (Å²) in [6.07, 6.45) is 4.37. The SMILES string of the molecule is CC(C)c1c[nH]n2c(=O)cc(-c3cncc(F)c3)nc12. The van der Waals surface area contributed by atoms with Crippen LogP contribution < -0.4 is 5.56 Å². The zero-order chi connectivity index (χ0) is 14.3. The minimum Gasteiger partial charge on any atom is -0.297 e. The van der Waals surface area contributed by atoms with Crippen molar-refractivity contribution in [3.05, 3.63) is 52.5 Å². The number of hydrogen-bond donors (Lipinski definition) is 1. The molecule has 3 heterocycles. The number of halogens is 1. The fourth-order valence-corrected chi connectivity index (χ4v) is 2.12. The van der Waals surface area contributed by atoms with Gasteiger partial charge >= 0.3 is 0 Å². The molecule has 5 nitrogen and oxygen atoms in total. The molecule has 0 saturated heterocycles. The van der Waals surface area contributed by atoms with Crippen LogP contribution in [0.4, 0.5) is 4.39 Å². The lowest BCUT2D eigenvalue weighted by Gasteiger charge is -2.04. The first-order chi connectivity index (χ1) is 9.56. The lowest BCUT2D eigenvalue weighted by Crippen LogP contribution is -2.14. The molecule has 0 aliphatic rings. The molecule has 0 spiro atoms. The maximum Gasteiger partial charge on any atom is 0.273 e. The van der Waals surface area contributed by atoms with Crippen molar-refractivity contribution in [3.63, 3.8) is 0 Å². The number of nitrogens with zero attached hydrogens (tertiary/aromatic N) is 3. The molecule has 102 valence electrons. The first-order valence-electron chi connectivity index (χ1n) is 6.28. The van der Waals surface area contributed by atoms with E-state index in [1.807, 2.05) is 13.8 Å². The Kier molecular flexibility index (Phi) is 2.85. The molecule has 0 aromatic carbocycles. The van der Waals surface area contributed by atoms with Crippen LogP contribution in [-0.2, 0) is 0 Å². The topological polar surface area (TPSA) is 63.0 Å². The van der Waals surface area contributed by atoms with Gasteiger partial charge in [-0.2, -0.15) is 0 Å². The Bertz CT molecular complexity index is 835. The van der Waals surface area contributed by atoms with Crippen LogP contribution >= 0.6 is 0 Å². The van der Waals surface area contributed by atoms with Crippen molar-refractivity contribution in [2.45, 2.75) is 19.8 Å². The average Bonchev–Trinajstić information content (AvgIpc) is 2.83. The Labute approximate surface area is 114 Å². The first-order valence-corrected chi connectivity index (χ1v) is 6.28. The van der Waals surface area contributed by atoms with Crippen molar-refractivity contribution in [1.82, 2.24) is 19.6 Å². The van der Waals surface area contributed by atoms with Crippen LogP contribution in [0.25, 0.3) is 16.9 Å². The number of hydrogen-bond acceptors (Lipinski definition) is 3. The third kappa shape index (κ3) is 1.99. The van der Waals surface area contributed by atoms with E-state index in [-0.39, 0.29) is 11.5 Å². The first kappa shape index (κ1) is 12.5.